The van der Waals surface area contributed by atoms with Crippen molar-refractivity contribution in [3.05, 3.63) is 64.3 Å². The van der Waals surface area contributed by atoms with Crippen LogP contribution in [0.25, 0.3) is 10.4 Å². The third kappa shape index (κ3) is 4.95. The fourth-order valence-electron chi connectivity index (χ4n) is 2.80. The molecule has 2 heterocycles. The van der Waals surface area contributed by atoms with Gasteiger partial charge < -0.3 is 5.32 Å². The minimum Gasteiger partial charge on any atom is -0.355 e. The van der Waals surface area contributed by atoms with Gasteiger partial charge >= 0.3 is 0 Å². The summed E-state index contributed by atoms with van der Waals surface area (Å²) in [5, 5.41) is 24.3. The van der Waals surface area contributed by atoms with Crippen LogP contribution in [0.15, 0.2) is 46.8 Å². The first-order valence-corrected chi connectivity index (χ1v) is 10.8. The number of nitrogens with two attached hydrogens (primary N) is 1. The van der Waals surface area contributed by atoms with Gasteiger partial charge in [-0.2, -0.15) is 10.5 Å². The third-order valence-corrected chi connectivity index (χ3v) is 6.12. The maximum Gasteiger partial charge on any atom is 0.289 e. The molecule has 1 amide bonds. The van der Waals surface area contributed by atoms with Gasteiger partial charge in [0.1, 0.15) is 23.5 Å². The highest BCUT2D eigenvalue weighted by molar-refractivity contribution is 7.99. The van der Waals surface area contributed by atoms with E-state index in [4.69, 9.17) is 5.73 Å². The fraction of sp³-hybridized carbons (Fsp3) is 0.143. The standard InChI is InChI=1S/C21H16FN5OS2/c22-14-5-3-13(4-6-14)7-8-26-18(28)12-30-21-16(11-24)19(17-2-1-9-29-17)15(10-23)20(25)27-21/h1-6,9H,7-8,12H2,(H2,25,27)(H,26,28)/p+1. The highest BCUT2D eigenvalue weighted by atomic mass is 32.2. The number of H-pyrrole nitrogens is 1. The summed E-state index contributed by atoms with van der Waals surface area (Å²) in [4.78, 5) is 15.8. The van der Waals surface area contributed by atoms with Crippen LogP contribution in [-0.4, -0.2) is 18.2 Å². The number of thioether (sulfide) groups is 1. The minimum atomic E-state index is -0.299. The van der Waals surface area contributed by atoms with E-state index in [2.05, 4.69) is 22.4 Å². The quantitative estimate of drug-likeness (QED) is 0.550. The van der Waals surface area contributed by atoms with Gasteiger partial charge in [-0.15, -0.1) is 11.3 Å². The Kier molecular flexibility index (Phi) is 7.02. The second-order valence-electron chi connectivity index (χ2n) is 6.21. The van der Waals surface area contributed by atoms with Crippen molar-refractivity contribution in [2.24, 2.45) is 0 Å². The summed E-state index contributed by atoms with van der Waals surface area (Å²) < 4.78 is 12.9. The number of aromatic nitrogens is 1. The predicted octanol–water partition coefficient (Wildman–Crippen LogP) is 3.14. The molecule has 0 aliphatic heterocycles. The van der Waals surface area contributed by atoms with Crippen LogP contribution < -0.4 is 16.0 Å². The molecular formula is C21H17FN5OS2+. The lowest BCUT2D eigenvalue weighted by Gasteiger charge is -2.09. The fourth-order valence-corrected chi connectivity index (χ4v) is 4.44. The van der Waals surface area contributed by atoms with E-state index >= 15 is 0 Å². The molecule has 0 spiro atoms. The number of nitrogen functional groups attached to an aromatic ring is 1. The maximum absolute atomic E-state index is 12.9. The number of aromatic amines is 1. The summed E-state index contributed by atoms with van der Waals surface area (Å²) in [7, 11) is 0. The van der Waals surface area contributed by atoms with Crippen molar-refractivity contribution >= 4 is 34.8 Å². The Morgan fingerprint density at radius 3 is 2.57 bits per heavy atom. The van der Waals surface area contributed by atoms with Gasteiger partial charge in [0.05, 0.1) is 5.75 Å². The molecule has 0 radical (unpaired) electrons. The van der Waals surface area contributed by atoms with Crippen LogP contribution in [0.1, 0.15) is 16.7 Å². The lowest BCUT2D eigenvalue weighted by atomic mass is 10.0. The lowest BCUT2D eigenvalue weighted by molar-refractivity contribution is -0.410. The zero-order valence-corrected chi connectivity index (χ0v) is 17.4. The number of nitrogens with one attached hydrogen (secondary N) is 2. The number of benzene rings is 1. The number of carbonyl (C=O) groups is 1. The molecule has 150 valence electrons. The summed E-state index contributed by atoms with van der Waals surface area (Å²) >= 11 is 2.55. The molecule has 3 aromatic rings. The van der Waals surface area contributed by atoms with Crippen molar-refractivity contribution in [2.75, 3.05) is 18.0 Å². The number of amides is 1. The summed E-state index contributed by atoms with van der Waals surface area (Å²) in [6, 6.07) is 13.9. The summed E-state index contributed by atoms with van der Waals surface area (Å²) in [6.07, 6.45) is 0.582. The molecule has 0 saturated carbocycles. The van der Waals surface area contributed by atoms with E-state index in [0.29, 0.717) is 23.6 Å². The molecule has 0 bridgehead atoms. The molecule has 3 rings (SSSR count). The van der Waals surface area contributed by atoms with Gasteiger partial charge in [-0.25, -0.2) is 9.37 Å². The first kappa shape index (κ1) is 21.3. The molecule has 0 aliphatic rings. The third-order valence-electron chi connectivity index (χ3n) is 4.23. The van der Waals surface area contributed by atoms with Gasteiger partial charge in [0, 0.05) is 17.0 Å². The molecule has 0 atom stereocenters. The smallest absolute Gasteiger partial charge is 0.289 e. The normalized spacial score (nSPS) is 10.2. The van der Waals surface area contributed by atoms with Crippen LogP contribution >= 0.6 is 23.1 Å². The number of carbonyl (C=O) groups excluding carboxylic acids is 1. The Labute approximate surface area is 181 Å². The summed E-state index contributed by atoms with van der Waals surface area (Å²) in [5.74, 6) is -0.282. The number of hydrogen-bond donors (Lipinski definition) is 2. The maximum atomic E-state index is 12.9. The number of rotatable bonds is 7. The van der Waals surface area contributed by atoms with E-state index in [1.807, 2.05) is 17.5 Å². The van der Waals surface area contributed by atoms with Crippen LogP contribution in [-0.2, 0) is 11.2 Å². The molecule has 6 nitrogen and oxygen atoms in total. The topological polar surface area (TPSA) is 117 Å². The molecular weight excluding hydrogens is 421 g/mol. The number of nitrogens with zero attached hydrogens (tertiary/aromatic N) is 2. The van der Waals surface area contributed by atoms with E-state index in [1.165, 1.54) is 23.5 Å². The second-order valence-corrected chi connectivity index (χ2v) is 8.14. The van der Waals surface area contributed by atoms with Crippen LogP contribution in [0.5, 0.6) is 0 Å². The Balaban J connectivity index is 1.69. The van der Waals surface area contributed by atoms with Crippen molar-refractivity contribution in [1.82, 2.24) is 5.32 Å². The average molecular weight is 439 g/mol. The molecule has 1 aromatic carbocycles. The number of thiophene rings is 1. The number of anilines is 1. The number of halogens is 1. The summed E-state index contributed by atoms with van der Waals surface area (Å²) in [5.41, 5.74) is 7.89. The molecule has 0 unspecified atom stereocenters. The van der Waals surface area contributed by atoms with Crippen LogP contribution in [0.2, 0.25) is 0 Å². The monoisotopic (exact) mass is 438 g/mol. The Hall–Kier alpha value is -3.40. The van der Waals surface area contributed by atoms with Crippen molar-refractivity contribution in [3.8, 4) is 22.6 Å². The van der Waals surface area contributed by atoms with Gasteiger partial charge in [-0.1, -0.05) is 30.0 Å². The Morgan fingerprint density at radius 1 is 1.20 bits per heavy atom. The predicted molar refractivity (Wildman–Crippen MR) is 114 cm³/mol. The largest absolute Gasteiger partial charge is 0.355 e. The van der Waals surface area contributed by atoms with Crippen molar-refractivity contribution < 1.29 is 14.2 Å². The highest BCUT2D eigenvalue weighted by Gasteiger charge is 2.24. The van der Waals surface area contributed by atoms with Crippen molar-refractivity contribution in [3.63, 3.8) is 0 Å². The highest BCUT2D eigenvalue weighted by Crippen LogP contribution is 2.35. The molecule has 0 fully saturated rings. The molecule has 30 heavy (non-hydrogen) atoms. The zero-order valence-electron chi connectivity index (χ0n) is 15.7. The first-order valence-electron chi connectivity index (χ1n) is 8.90. The molecule has 0 saturated heterocycles. The van der Waals surface area contributed by atoms with Crippen molar-refractivity contribution in [1.29, 1.82) is 10.5 Å². The Bertz CT molecular complexity index is 1130. The van der Waals surface area contributed by atoms with E-state index in [9.17, 15) is 19.7 Å². The van der Waals surface area contributed by atoms with Gasteiger partial charge in [-0.3, -0.25) is 10.5 Å². The van der Waals surface area contributed by atoms with Gasteiger partial charge in [0.2, 0.25) is 5.91 Å². The van der Waals surface area contributed by atoms with Gasteiger partial charge in [-0.05, 0) is 35.6 Å². The van der Waals surface area contributed by atoms with Gasteiger partial charge in [0.15, 0.2) is 10.6 Å². The van der Waals surface area contributed by atoms with Crippen molar-refractivity contribution in [2.45, 2.75) is 11.4 Å². The molecule has 9 heteroatoms. The number of pyridine rings is 1. The zero-order chi connectivity index (χ0) is 21.5. The second kappa shape index (κ2) is 9.88. The van der Waals surface area contributed by atoms with E-state index < -0.39 is 0 Å². The number of nitriles is 2. The molecule has 2 aromatic heterocycles. The first-order chi connectivity index (χ1) is 14.5. The van der Waals surface area contributed by atoms with E-state index in [-0.39, 0.29) is 34.4 Å². The van der Waals surface area contributed by atoms with Crippen LogP contribution in [0.4, 0.5) is 10.2 Å². The lowest BCUT2D eigenvalue weighted by Crippen LogP contribution is -2.28. The van der Waals surface area contributed by atoms with Gasteiger partial charge in [0.25, 0.3) is 5.82 Å². The minimum absolute atomic E-state index is 0.0732. The Morgan fingerprint density at radius 2 is 1.93 bits per heavy atom. The van der Waals surface area contributed by atoms with E-state index in [0.717, 1.165) is 22.2 Å². The average Bonchev–Trinajstić information content (AvgIpc) is 3.27. The van der Waals surface area contributed by atoms with Crippen LogP contribution in [0.3, 0.4) is 0 Å². The summed E-state index contributed by atoms with van der Waals surface area (Å²) in [6.45, 7) is 0.413. The SMILES string of the molecule is N#Cc1c(N)[nH+]c(SCC(=O)NCCc2ccc(F)cc2)c(C#N)c1-c1cccs1. The van der Waals surface area contributed by atoms with Crippen LogP contribution in [0, 0.1) is 28.5 Å². The van der Waals surface area contributed by atoms with E-state index in [1.54, 1.807) is 12.1 Å². The number of hydrogen-bond acceptors (Lipinski definition) is 6. The molecule has 4 N–H and O–H groups in total. The molecule has 0 aliphatic carbocycles.